The van der Waals surface area contributed by atoms with Gasteiger partial charge < -0.3 is 15.4 Å². The zero-order chi connectivity index (χ0) is 17.2. The lowest BCUT2D eigenvalue weighted by molar-refractivity contribution is -0.126. The molecular formula is C18H36N2O3. The van der Waals surface area contributed by atoms with Gasteiger partial charge in [-0.15, -0.1) is 0 Å². The maximum atomic E-state index is 11.6. The average molecular weight is 328 g/mol. The summed E-state index contributed by atoms with van der Waals surface area (Å²) in [5, 5.41) is 5.69. The summed E-state index contributed by atoms with van der Waals surface area (Å²) in [6.45, 7) is 7.13. The fourth-order valence-corrected chi connectivity index (χ4v) is 2.11. The van der Waals surface area contributed by atoms with Crippen molar-refractivity contribution in [2.75, 3.05) is 26.3 Å². The molecule has 5 nitrogen and oxygen atoms in total. The van der Waals surface area contributed by atoms with Crippen LogP contribution in [0.25, 0.3) is 0 Å². The summed E-state index contributed by atoms with van der Waals surface area (Å²) in [5.74, 6) is -0.0878. The van der Waals surface area contributed by atoms with Crippen molar-refractivity contribution in [2.45, 2.75) is 78.1 Å². The van der Waals surface area contributed by atoms with Crippen LogP contribution in [0.3, 0.4) is 0 Å². The molecule has 0 bridgehead atoms. The number of nitrogens with one attached hydrogen (secondary N) is 2. The van der Waals surface area contributed by atoms with Gasteiger partial charge >= 0.3 is 0 Å². The summed E-state index contributed by atoms with van der Waals surface area (Å²) in [6, 6.07) is 0. The highest BCUT2D eigenvalue weighted by atomic mass is 16.5. The Bertz CT molecular complexity index is 296. The number of hydrogen-bond acceptors (Lipinski definition) is 3. The topological polar surface area (TPSA) is 67.4 Å². The number of unbranched alkanes of at least 4 members (excludes halogenated alkanes) is 5. The normalized spacial score (nSPS) is 10.5. The van der Waals surface area contributed by atoms with Crippen molar-refractivity contribution >= 4 is 11.8 Å². The minimum Gasteiger partial charge on any atom is -0.381 e. The van der Waals surface area contributed by atoms with Gasteiger partial charge in [-0.25, -0.2) is 0 Å². The van der Waals surface area contributed by atoms with Crippen LogP contribution in [-0.4, -0.2) is 38.1 Å². The number of rotatable bonds is 16. The number of hydrogen-bond donors (Lipinski definition) is 2. The lowest BCUT2D eigenvalue weighted by atomic mass is 10.1. The fourth-order valence-electron chi connectivity index (χ4n) is 2.11. The summed E-state index contributed by atoms with van der Waals surface area (Å²) < 4.78 is 5.42. The van der Waals surface area contributed by atoms with E-state index in [4.69, 9.17) is 4.74 Å². The minimum atomic E-state index is -0.0587. The van der Waals surface area contributed by atoms with Gasteiger partial charge in [0.15, 0.2) is 0 Å². The molecule has 0 fully saturated rings. The van der Waals surface area contributed by atoms with Crippen molar-refractivity contribution < 1.29 is 14.3 Å². The largest absolute Gasteiger partial charge is 0.381 e. The third-order valence-electron chi connectivity index (χ3n) is 3.61. The van der Waals surface area contributed by atoms with E-state index in [1.54, 1.807) is 0 Å². The molecule has 0 saturated heterocycles. The molecule has 0 aromatic rings. The van der Waals surface area contributed by atoms with Gasteiger partial charge in [0, 0.05) is 39.1 Å². The molecule has 136 valence electrons. The monoisotopic (exact) mass is 328 g/mol. The van der Waals surface area contributed by atoms with Gasteiger partial charge in [0.2, 0.25) is 11.8 Å². The average Bonchev–Trinajstić information content (AvgIpc) is 2.55. The lowest BCUT2D eigenvalue weighted by Gasteiger charge is -2.07. The maximum absolute atomic E-state index is 11.6. The van der Waals surface area contributed by atoms with Gasteiger partial charge in [-0.05, 0) is 19.3 Å². The molecule has 23 heavy (non-hydrogen) atoms. The van der Waals surface area contributed by atoms with E-state index in [1.807, 2.05) is 0 Å². The smallest absolute Gasteiger partial charge is 0.220 e. The van der Waals surface area contributed by atoms with Crippen molar-refractivity contribution in [1.29, 1.82) is 0 Å². The van der Waals surface area contributed by atoms with Crippen molar-refractivity contribution in [3.8, 4) is 0 Å². The third-order valence-corrected chi connectivity index (χ3v) is 3.61. The van der Waals surface area contributed by atoms with Gasteiger partial charge in [-0.3, -0.25) is 9.59 Å². The Morgan fingerprint density at radius 2 is 1.22 bits per heavy atom. The predicted octanol–water partition coefficient (Wildman–Crippen LogP) is 3.18. The molecule has 0 aromatic heterocycles. The van der Waals surface area contributed by atoms with Crippen LogP contribution in [-0.2, 0) is 14.3 Å². The van der Waals surface area contributed by atoms with E-state index in [0.29, 0.717) is 13.2 Å². The van der Waals surface area contributed by atoms with Crippen LogP contribution in [0.15, 0.2) is 0 Å². The Morgan fingerprint density at radius 3 is 1.83 bits per heavy atom. The van der Waals surface area contributed by atoms with E-state index in [2.05, 4.69) is 24.5 Å². The highest BCUT2D eigenvalue weighted by Crippen LogP contribution is 2.01. The van der Waals surface area contributed by atoms with Crippen LogP contribution in [0.4, 0.5) is 0 Å². The quantitative estimate of drug-likeness (QED) is 0.428. The molecule has 0 atom stereocenters. The summed E-state index contributed by atoms with van der Waals surface area (Å²) in [5.41, 5.74) is 0. The standard InChI is InChI=1S/C18H36N2O3/c1-3-5-7-8-9-13-19-17(21)11-12-18(22)20-14-10-16-23-15-6-4-2/h3-16H2,1-2H3,(H,19,21)(H,20,22). The Balaban J connectivity index is 3.35. The fraction of sp³-hybridized carbons (Fsp3) is 0.889. The number of carbonyl (C=O) groups is 2. The van der Waals surface area contributed by atoms with Crippen LogP contribution in [0.5, 0.6) is 0 Å². The van der Waals surface area contributed by atoms with Gasteiger partial charge in [0.25, 0.3) is 0 Å². The van der Waals surface area contributed by atoms with Crippen LogP contribution in [0.2, 0.25) is 0 Å². The van der Waals surface area contributed by atoms with Gasteiger partial charge in [0.05, 0.1) is 0 Å². The van der Waals surface area contributed by atoms with Gasteiger partial charge in [0.1, 0.15) is 0 Å². The van der Waals surface area contributed by atoms with Crippen molar-refractivity contribution in [3.63, 3.8) is 0 Å². The Hall–Kier alpha value is -1.10. The second-order valence-corrected chi connectivity index (χ2v) is 5.93. The summed E-state index contributed by atoms with van der Waals surface area (Å²) in [6.07, 6.45) is 9.48. The molecule has 0 radical (unpaired) electrons. The molecule has 0 unspecified atom stereocenters. The van der Waals surface area contributed by atoms with Crippen molar-refractivity contribution in [2.24, 2.45) is 0 Å². The predicted molar refractivity (Wildman–Crippen MR) is 94.4 cm³/mol. The second-order valence-electron chi connectivity index (χ2n) is 5.93. The molecule has 0 aliphatic heterocycles. The molecule has 2 N–H and O–H groups in total. The van der Waals surface area contributed by atoms with E-state index in [-0.39, 0.29) is 24.7 Å². The van der Waals surface area contributed by atoms with E-state index in [1.165, 1.54) is 19.3 Å². The van der Waals surface area contributed by atoms with Gasteiger partial charge in [-0.2, -0.15) is 0 Å². The number of amides is 2. The molecule has 0 aromatic carbocycles. The molecule has 0 aliphatic carbocycles. The van der Waals surface area contributed by atoms with Crippen molar-refractivity contribution in [1.82, 2.24) is 10.6 Å². The van der Waals surface area contributed by atoms with E-state index < -0.39 is 0 Å². The molecule has 2 amide bonds. The first-order valence-corrected chi connectivity index (χ1v) is 9.31. The summed E-state index contributed by atoms with van der Waals surface area (Å²) in [7, 11) is 0. The van der Waals surface area contributed by atoms with E-state index in [9.17, 15) is 9.59 Å². The van der Waals surface area contributed by atoms with E-state index >= 15 is 0 Å². The first kappa shape index (κ1) is 21.9. The highest BCUT2D eigenvalue weighted by molar-refractivity contribution is 5.83. The Labute approximate surface area is 141 Å². The number of carbonyl (C=O) groups excluding carboxylic acids is 2. The zero-order valence-corrected chi connectivity index (χ0v) is 15.1. The third kappa shape index (κ3) is 17.1. The van der Waals surface area contributed by atoms with Crippen molar-refractivity contribution in [3.05, 3.63) is 0 Å². The Morgan fingerprint density at radius 1 is 0.696 bits per heavy atom. The lowest BCUT2D eigenvalue weighted by Crippen LogP contribution is -2.29. The molecule has 0 rings (SSSR count). The maximum Gasteiger partial charge on any atom is 0.220 e. The van der Waals surface area contributed by atoms with E-state index in [0.717, 1.165) is 45.3 Å². The number of ether oxygens (including phenoxy) is 1. The SMILES string of the molecule is CCCCCCCNC(=O)CCC(=O)NCCCOCCCC. The molecule has 0 saturated carbocycles. The first-order chi connectivity index (χ1) is 11.2. The summed E-state index contributed by atoms with van der Waals surface area (Å²) >= 11 is 0. The first-order valence-electron chi connectivity index (χ1n) is 9.31. The Kier molecular flexibility index (Phi) is 16.4. The van der Waals surface area contributed by atoms with Crippen LogP contribution in [0, 0.1) is 0 Å². The molecule has 0 spiro atoms. The molecule has 0 aliphatic rings. The zero-order valence-electron chi connectivity index (χ0n) is 15.1. The van der Waals surface area contributed by atoms with Crippen LogP contribution < -0.4 is 10.6 Å². The van der Waals surface area contributed by atoms with Crippen LogP contribution >= 0.6 is 0 Å². The second kappa shape index (κ2) is 17.3. The molecule has 0 heterocycles. The highest BCUT2D eigenvalue weighted by Gasteiger charge is 2.05. The molecular weight excluding hydrogens is 292 g/mol. The van der Waals surface area contributed by atoms with Crippen LogP contribution in [0.1, 0.15) is 78.1 Å². The minimum absolute atomic E-state index is 0.0291. The van der Waals surface area contributed by atoms with Gasteiger partial charge in [-0.1, -0.05) is 46.0 Å². The summed E-state index contributed by atoms with van der Waals surface area (Å²) in [4.78, 5) is 23.2. The molecule has 5 heteroatoms.